The molecule has 0 aliphatic rings. The number of thioether (sulfide) groups is 1. The molecular formula is C17H10N2O5S. The molecule has 0 atom stereocenters. The number of Topliss-reactive ketones (excluding diaryl/α,β-unsaturated/α-hetero) is 1. The van der Waals surface area contributed by atoms with Crippen molar-refractivity contribution < 1.29 is 18.0 Å². The van der Waals surface area contributed by atoms with Crippen LogP contribution in [0.15, 0.2) is 72.0 Å². The van der Waals surface area contributed by atoms with E-state index in [4.69, 9.17) is 13.3 Å². The quantitative estimate of drug-likeness (QED) is 0.305. The summed E-state index contributed by atoms with van der Waals surface area (Å²) in [6.07, 6.45) is 1.49. The monoisotopic (exact) mass is 354 g/mol. The smallest absolute Gasteiger partial charge is 0.347 e. The Morgan fingerprint density at radius 1 is 1.08 bits per heavy atom. The first-order chi connectivity index (χ1) is 12.2. The molecule has 124 valence electrons. The van der Waals surface area contributed by atoms with E-state index in [0.29, 0.717) is 16.7 Å². The summed E-state index contributed by atoms with van der Waals surface area (Å²) in [7, 11) is 0. The van der Waals surface area contributed by atoms with Crippen LogP contribution in [0.25, 0.3) is 22.6 Å². The summed E-state index contributed by atoms with van der Waals surface area (Å²) in [4.78, 5) is 24.3. The molecule has 0 aliphatic carbocycles. The molecule has 0 amide bonds. The van der Waals surface area contributed by atoms with Crippen LogP contribution in [0.5, 0.6) is 0 Å². The highest BCUT2D eigenvalue weighted by molar-refractivity contribution is 7.99. The van der Waals surface area contributed by atoms with Gasteiger partial charge in [-0.1, -0.05) is 30.0 Å². The van der Waals surface area contributed by atoms with Gasteiger partial charge in [-0.3, -0.25) is 4.79 Å². The average molecular weight is 354 g/mol. The van der Waals surface area contributed by atoms with Crippen molar-refractivity contribution in [1.29, 1.82) is 0 Å². The van der Waals surface area contributed by atoms with Crippen molar-refractivity contribution in [3.05, 3.63) is 64.7 Å². The number of hydrogen-bond donors (Lipinski definition) is 0. The number of furan rings is 1. The van der Waals surface area contributed by atoms with E-state index in [-0.39, 0.29) is 28.2 Å². The van der Waals surface area contributed by atoms with Crippen molar-refractivity contribution in [2.45, 2.75) is 5.22 Å². The standard InChI is InChI=1S/C17H10N2O5S/c20-12(11-8-10-4-1-2-5-13(10)23-16(11)21)9-25-17-19-18-15(24-17)14-6-3-7-22-14/h1-8H,9H2. The second-order valence-electron chi connectivity index (χ2n) is 5.05. The first-order valence-electron chi connectivity index (χ1n) is 7.27. The molecule has 0 saturated carbocycles. The van der Waals surface area contributed by atoms with Crippen molar-refractivity contribution in [2.24, 2.45) is 0 Å². The zero-order valence-electron chi connectivity index (χ0n) is 12.7. The molecule has 7 nitrogen and oxygen atoms in total. The number of hydrogen-bond acceptors (Lipinski definition) is 8. The van der Waals surface area contributed by atoms with E-state index in [1.54, 1.807) is 36.4 Å². The van der Waals surface area contributed by atoms with E-state index in [2.05, 4.69) is 10.2 Å². The molecule has 3 aromatic heterocycles. The number of ketones is 1. The Bertz CT molecular complexity index is 1100. The number of carbonyl (C=O) groups is 1. The van der Waals surface area contributed by atoms with Gasteiger partial charge >= 0.3 is 5.63 Å². The Morgan fingerprint density at radius 2 is 1.96 bits per heavy atom. The highest BCUT2D eigenvalue weighted by Gasteiger charge is 2.17. The number of rotatable bonds is 5. The van der Waals surface area contributed by atoms with E-state index in [1.807, 2.05) is 0 Å². The molecule has 0 N–H and O–H groups in total. The molecule has 0 radical (unpaired) electrons. The lowest BCUT2D eigenvalue weighted by Gasteiger charge is -2.00. The highest BCUT2D eigenvalue weighted by Crippen LogP contribution is 2.24. The summed E-state index contributed by atoms with van der Waals surface area (Å²) in [6.45, 7) is 0. The summed E-state index contributed by atoms with van der Waals surface area (Å²) in [6, 6.07) is 11.9. The molecule has 0 saturated heterocycles. The zero-order chi connectivity index (χ0) is 17.2. The number of carbonyl (C=O) groups excluding carboxylic acids is 1. The zero-order valence-corrected chi connectivity index (χ0v) is 13.5. The Morgan fingerprint density at radius 3 is 2.80 bits per heavy atom. The lowest BCUT2D eigenvalue weighted by molar-refractivity contribution is 0.101. The second-order valence-corrected chi connectivity index (χ2v) is 5.97. The molecule has 3 heterocycles. The lowest BCUT2D eigenvalue weighted by Crippen LogP contribution is -2.15. The van der Waals surface area contributed by atoms with Crippen LogP contribution in [0.4, 0.5) is 0 Å². The molecule has 0 unspecified atom stereocenters. The average Bonchev–Trinajstić information content (AvgIpc) is 3.30. The molecule has 4 rings (SSSR count). The number of fused-ring (bicyclic) bond motifs is 1. The maximum Gasteiger partial charge on any atom is 0.347 e. The second kappa shape index (κ2) is 6.40. The molecule has 0 aliphatic heterocycles. The predicted molar refractivity (Wildman–Crippen MR) is 89.5 cm³/mol. The van der Waals surface area contributed by atoms with Gasteiger partial charge in [-0.15, -0.1) is 10.2 Å². The first kappa shape index (κ1) is 15.4. The fourth-order valence-electron chi connectivity index (χ4n) is 2.23. The highest BCUT2D eigenvalue weighted by atomic mass is 32.2. The van der Waals surface area contributed by atoms with Gasteiger partial charge in [0, 0.05) is 5.39 Å². The molecule has 0 spiro atoms. The van der Waals surface area contributed by atoms with Gasteiger partial charge in [0.2, 0.25) is 0 Å². The van der Waals surface area contributed by atoms with Gasteiger partial charge < -0.3 is 13.3 Å². The summed E-state index contributed by atoms with van der Waals surface area (Å²) in [5, 5.41) is 8.59. The van der Waals surface area contributed by atoms with Crippen LogP contribution in [0, 0.1) is 0 Å². The molecule has 1 aromatic carbocycles. The fourth-order valence-corrected chi connectivity index (χ4v) is 2.88. The van der Waals surface area contributed by atoms with Crippen LogP contribution in [0.3, 0.4) is 0 Å². The van der Waals surface area contributed by atoms with E-state index in [0.717, 1.165) is 11.8 Å². The van der Waals surface area contributed by atoms with Crippen LogP contribution in [-0.4, -0.2) is 21.7 Å². The maximum absolute atomic E-state index is 12.3. The van der Waals surface area contributed by atoms with E-state index in [9.17, 15) is 9.59 Å². The van der Waals surface area contributed by atoms with Crippen molar-refractivity contribution in [3.63, 3.8) is 0 Å². The van der Waals surface area contributed by atoms with Gasteiger partial charge in [-0.2, -0.15) is 0 Å². The molecule has 25 heavy (non-hydrogen) atoms. The summed E-state index contributed by atoms with van der Waals surface area (Å²) in [5.41, 5.74) is -0.222. The molecule has 0 fully saturated rings. The first-order valence-corrected chi connectivity index (χ1v) is 8.25. The normalized spacial score (nSPS) is 11.0. The van der Waals surface area contributed by atoms with Crippen LogP contribution < -0.4 is 5.63 Å². The minimum absolute atomic E-state index is 0.00280. The van der Waals surface area contributed by atoms with Gasteiger partial charge in [-0.05, 0) is 24.3 Å². The third kappa shape index (κ3) is 3.11. The van der Waals surface area contributed by atoms with Gasteiger partial charge in [0.1, 0.15) is 11.1 Å². The van der Waals surface area contributed by atoms with Crippen molar-refractivity contribution in [3.8, 4) is 11.7 Å². The minimum atomic E-state index is -0.661. The van der Waals surface area contributed by atoms with Crippen molar-refractivity contribution >= 4 is 28.5 Å². The van der Waals surface area contributed by atoms with Crippen LogP contribution in [-0.2, 0) is 0 Å². The van der Waals surface area contributed by atoms with Crippen LogP contribution in [0.1, 0.15) is 10.4 Å². The van der Waals surface area contributed by atoms with Crippen LogP contribution >= 0.6 is 11.8 Å². The molecule has 8 heteroatoms. The van der Waals surface area contributed by atoms with Crippen LogP contribution in [0.2, 0.25) is 0 Å². The molecule has 0 bridgehead atoms. The number of para-hydroxylation sites is 1. The molecule has 4 aromatic rings. The summed E-state index contributed by atoms with van der Waals surface area (Å²) >= 11 is 1.04. The van der Waals surface area contributed by atoms with E-state index < -0.39 is 5.63 Å². The summed E-state index contributed by atoms with van der Waals surface area (Å²) < 4.78 is 15.7. The SMILES string of the molecule is O=C(CSc1nnc(-c2ccco2)o1)c1cc2ccccc2oc1=O. The Hall–Kier alpha value is -3.13. The largest absolute Gasteiger partial charge is 0.459 e. The Labute approximate surface area is 144 Å². The summed E-state index contributed by atoms with van der Waals surface area (Å²) in [5.74, 6) is 0.274. The van der Waals surface area contributed by atoms with Crippen molar-refractivity contribution in [2.75, 3.05) is 5.75 Å². The van der Waals surface area contributed by atoms with Gasteiger partial charge in [0.05, 0.1) is 12.0 Å². The predicted octanol–water partition coefficient (Wildman–Crippen LogP) is 3.41. The van der Waals surface area contributed by atoms with Crippen molar-refractivity contribution in [1.82, 2.24) is 10.2 Å². The fraction of sp³-hybridized carbons (Fsp3) is 0.0588. The Balaban J connectivity index is 1.51. The maximum atomic E-state index is 12.3. The number of aromatic nitrogens is 2. The van der Waals surface area contributed by atoms with E-state index in [1.165, 1.54) is 12.3 Å². The van der Waals surface area contributed by atoms with E-state index >= 15 is 0 Å². The number of benzene rings is 1. The lowest BCUT2D eigenvalue weighted by atomic mass is 10.1. The van der Waals surface area contributed by atoms with Gasteiger partial charge in [0.25, 0.3) is 11.1 Å². The molecular weight excluding hydrogens is 344 g/mol. The third-order valence-electron chi connectivity index (χ3n) is 3.41. The number of nitrogens with zero attached hydrogens (tertiary/aromatic N) is 2. The Kier molecular flexibility index (Phi) is 3.95. The minimum Gasteiger partial charge on any atom is -0.459 e. The topological polar surface area (TPSA) is 99.3 Å². The third-order valence-corrected chi connectivity index (χ3v) is 4.23. The van der Waals surface area contributed by atoms with Gasteiger partial charge in [-0.25, -0.2) is 4.79 Å². The van der Waals surface area contributed by atoms with Gasteiger partial charge in [0.15, 0.2) is 11.5 Å².